The minimum atomic E-state index is 0.00235. The molecule has 1 aromatic rings. The maximum Gasteiger partial charge on any atom is 0.184 e. The quantitative estimate of drug-likeness (QED) is 0.667. The summed E-state index contributed by atoms with van der Waals surface area (Å²) < 4.78 is 0. The van der Waals surface area contributed by atoms with Crippen LogP contribution >= 0.6 is 0 Å². The largest absolute Gasteiger partial charge is 0.395 e. The predicted molar refractivity (Wildman–Crippen MR) is 69.4 cm³/mol. The van der Waals surface area contributed by atoms with Gasteiger partial charge >= 0.3 is 0 Å². The van der Waals surface area contributed by atoms with Crippen LogP contribution in [0.5, 0.6) is 0 Å². The molecule has 1 N–H and O–H groups in total. The fraction of sp³-hybridized carbons (Fsp3) is 0.615. The number of carbonyl (C=O) groups excluding carboxylic acids is 1. The molecule has 0 bridgehead atoms. The first-order valence-corrected chi connectivity index (χ1v) is 6.40. The Morgan fingerprint density at radius 3 is 2.78 bits per heavy atom. The van der Waals surface area contributed by atoms with Gasteiger partial charge in [0.1, 0.15) is 5.69 Å². The number of hydrogen-bond donors (Lipinski definition) is 1. The van der Waals surface area contributed by atoms with Gasteiger partial charge in [0.05, 0.1) is 12.8 Å². The van der Waals surface area contributed by atoms with Crippen LogP contribution in [0, 0.1) is 0 Å². The summed E-state index contributed by atoms with van der Waals surface area (Å²) in [5, 5.41) is 8.97. The molecule has 0 radical (unpaired) electrons. The number of rotatable bonds is 9. The van der Waals surface area contributed by atoms with Gasteiger partial charge in [0.25, 0.3) is 0 Å². The highest BCUT2D eigenvalue weighted by molar-refractivity contribution is 5.93. The Balaban J connectivity index is 2.39. The lowest BCUT2D eigenvalue weighted by molar-refractivity contribution is 0.0951. The SMILES string of the molecule is CCCCN(CCO)CCC(=O)c1cnccn1. The van der Waals surface area contributed by atoms with Crippen molar-refractivity contribution in [3.05, 3.63) is 24.3 Å². The summed E-state index contributed by atoms with van der Waals surface area (Å²) in [6.45, 7) is 4.46. The zero-order valence-electron chi connectivity index (χ0n) is 10.9. The van der Waals surface area contributed by atoms with Crippen LogP contribution in [-0.2, 0) is 0 Å². The van der Waals surface area contributed by atoms with E-state index in [1.807, 2.05) is 0 Å². The first-order valence-electron chi connectivity index (χ1n) is 6.40. The third-order valence-corrected chi connectivity index (χ3v) is 2.75. The normalized spacial score (nSPS) is 10.8. The van der Waals surface area contributed by atoms with Gasteiger partial charge in [-0.15, -0.1) is 0 Å². The van der Waals surface area contributed by atoms with E-state index < -0.39 is 0 Å². The number of carbonyl (C=O) groups is 1. The van der Waals surface area contributed by atoms with Crippen molar-refractivity contribution < 1.29 is 9.90 Å². The van der Waals surface area contributed by atoms with Gasteiger partial charge in [0.15, 0.2) is 5.78 Å². The number of unbranched alkanes of at least 4 members (excludes halogenated alkanes) is 1. The van der Waals surface area contributed by atoms with Gasteiger partial charge in [-0.05, 0) is 13.0 Å². The van der Waals surface area contributed by atoms with Gasteiger partial charge in [0, 0.05) is 31.9 Å². The summed E-state index contributed by atoms with van der Waals surface area (Å²) in [5.41, 5.74) is 0.414. The van der Waals surface area contributed by atoms with E-state index in [2.05, 4.69) is 21.8 Å². The molecule has 5 nitrogen and oxygen atoms in total. The van der Waals surface area contributed by atoms with Gasteiger partial charge in [-0.2, -0.15) is 0 Å². The van der Waals surface area contributed by atoms with Gasteiger partial charge in [0.2, 0.25) is 0 Å². The maximum atomic E-state index is 11.8. The Morgan fingerprint density at radius 1 is 1.33 bits per heavy atom. The fourth-order valence-electron chi connectivity index (χ4n) is 1.69. The fourth-order valence-corrected chi connectivity index (χ4v) is 1.69. The number of Topliss-reactive ketones (excluding diaryl/α,β-unsaturated/α-hetero) is 1. The molecular weight excluding hydrogens is 230 g/mol. The second-order valence-electron chi connectivity index (χ2n) is 4.18. The summed E-state index contributed by atoms with van der Waals surface area (Å²) >= 11 is 0. The van der Waals surface area contributed by atoms with E-state index in [4.69, 9.17) is 5.11 Å². The lowest BCUT2D eigenvalue weighted by Gasteiger charge is -2.20. The van der Waals surface area contributed by atoms with Crippen molar-refractivity contribution >= 4 is 5.78 Å². The van der Waals surface area contributed by atoms with E-state index >= 15 is 0 Å². The van der Waals surface area contributed by atoms with Gasteiger partial charge in [-0.25, -0.2) is 4.98 Å². The highest BCUT2D eigenvalue weighted by Crippen LogP contribution is 2.01. The van der Waals surface area contributed by atoms with Crippen LogP contribution in [0.2, 0.25) is 0 Å². The maximum absolute atomic E-state index is 11.8. The van der Waals surface area contributed by atoms with Crippen LogP contribution in [0.4, 0.5) is 0 Å². The van der Waals surface area contributed by atoms with E-state index in [-0.39, 0.29) is 12.4 Å². The Labute approximate surface area is 108 Å². The van der Waals surface area contributed by atoms with Crippen molar-refractivity contribution in [3.8, 4) is 0 Å². The van der Waals surface area contributed by atoms with Crippen LogP contribution in [0.3, 0.4) is 0 Å². The molecule has 1 rings (SSSR count). The highest BCUT2D eigenvalue weighted by atomic mass is 16.3. The molecule has 0 aliphatic carbocycles. The van der Waals surface area contributed by atoms with E-state index in [9.17, 15) is 4.79 Å². The Hall–Kier alpha value is -1.33. The van der Waals surface area contributed by atoms with Crippen molar-refractivity contribution in [3.63, 3.8) is 0 Å². The lowest BCUT2D eigenvalue weighted by atomic mass is 10.2. The summed E-state index contributed by atoms with van der Waals surface area (Å²) in [5.74, 6) is 0.00235. The molecule has 0 spiro atoms. The van der Waals surface area contributed by atoms with Crippen molar-refractivity contribution in [2.24, 2.45) is 0 Å². The molecule has 0 aliphatic rings. The topological polar surface area (TPSA) is 66.3 Å². The lowest BCUT2D eigenvalue weighted by Crippen LogP contribution is -2.30. The van der Waals surface area contributed by atoms with E-state index in [0.717, 1.165) is 19.4 Å². The minimum absolute atomic E-state index is 0.00235. The molecule has 18 heavy (non-hydrogen) atoms. The number of aromatic nitrogens is 2. The summed E-state index contributed by atoms with van der Waals surface area (Å²) in [7, 11) is 0. The smallest absolute Gasteiger partial charge is 0.184 e. The van der Waals surface area contributed by atoms with Crippen molar-refractivity contribution in [1.82, 2.24) is 14.9 Å². The molecule has 0 atom stereocenters. The molecule has 0 saturated heterocycles. The Bertz CT molecular complexity index is 343. The molecule has 0 aliphatic heterocycles. The van der Waals surface area contributed by atoms with Crippen LogP contribution < -0.4 is 0 Å². The number of aliphatic hydroxyl groups excluding tert-OH is 1. The molecule has 0 amide bonds. The summed E-state index contributed by atoms with van der Waals surface area (Å²) in [6, 6.07) is 0. The third kappa shape index (κ3) is 5.33. The van der Waals surface area contributed by atoms with Crippen LogP contribution in [0.25, 0.3) is 0 Å². The average Bonchev–Trinajstić information content (AvgIpc) is 2.42. The molecule has 1 aromatic heterocycles. The minimum Gasteiger partial charge on any atom is -0.395 e. The first-order chi connectivity index (χ1) is 8.77. The average molecular weight is 251 g/mol. The van der Waals surface area contributed by atoms with Crippen LogP contribution in [0.15, 0.2) is 18.6 Å². The van der Waals surface area contributed by atoms with Crippen molar-refractivity contribution in [2.45, 2.75) is 26.2 Å². The molecular formula is C13H21N3O2. The zero-order chi connectivity index (χ0) is 13.2. The summed E-state index contributed by atoms with van der Waals surface area (Å²) in [4.78, 5) is 21.8. The van der Waals surface area contributed by atoms with E-state index in [0.29, 0.717) is 25.2 Å². The molecule has 0 saturated carbocycles. The highest BCUT2D eigenvalue weighted by Gasteiger charge is 2.10. The van der Waals surface area contributed by atoms with Gasteiger partial charge in [-0.3, -0.25) is 9.78 Å². The zero-order valence-corrected chi connectivity index (χ0v) is 10.9. The standard InChI is InChI=1S/C13H21N3O2/c1-2-3-7-16(9-10-17)8-4-13(18)12-11-14-5-6-15-12/h5-6,11,17H,2-4,7-10H2,1H3. The second-order valence-corrected chi connectivity index (χ2v) is 4.18. The van der Waals surface area contributed by atoms with Gasteiger partial charge < -0.3 is 10.0 Å². The molecule has 0 unspecified atom stereocenters. The summed E-state index contributed by atoms with van der Waals surface area (Å²) in [6.07, 6.45) is 7.18. The van der Waals surface area contributed by atoms with Gasteiger partial charge in [-0.1, -0.05) is 13.3 Å². The van der Waals surface area contributed by atoms with Crippen molar-refractivity contribution in [2.75, 3.05) is 26.2 Å². The third-order valence-electron chi connectivity index (χ3n) is 2.75. The number of nitrogens with zero attached hydrogens (tertiary/aromatic N) is 3. The monoisotopic (exact) mass is 251 g/mol. The van der Waals surface area contributed by atoms with E-state index in [1.165, 1.54) is 12.4 Å². The number of aliphatic hydroxyl groups is 1. The molecule has 1 heterocycles. The second kappa shape index (κ2) is 8.72. The number of ketones is 1. The molecule has 0 aromatic carbocycles. The molecule has 5 heteroatoms. The first kappa shape index (κ1) is 14.7. The Kier molecular flexibility index (Phi) is 7.13. The van der Waals surface area contributed by atoms with Crippen LogP contribution in [0.1, 0.15) is 36.7 Å². The van der Waals surface area contributed by atoms with Crippen molar-refractivity contribution in [1.29, 1.82) is 0 Å². The Morgan fingerprint density at radius 2 is 2.17 bits per heavy atom. The predicted octanol–water partition coefficient (Wildman–Crippen LogP) is 1.14. The number of hydrogen-bond acceptors (Lipinski definition) is 5. The van der Waals surface area contributed by atoms with Crippen LogP contribution in [-0.4, -0.2) is 52.0 Å². The molecule has 100 valence electrons. The molecule has 0 fully saturated rings. The van der Waals surface area contributed by atoms with E-state index in [1.54, 1.807) is 6.20 Å².